The molecule has 0 saturated heterocycles. The predicted molar refractivity (Wildman–Crippen MR) is 79.4 cm³/mol. The molecular weight excluding hydrogens is 250 g/mol. The number of ether oxygens (including phenoxy) is 1. The van der Waals surface area contributed by atoms with Crippen molar-refractivity contribution in [3.8, 4) is 11.5 Å². The smallest absolute Gasteiger partial charge is 0.123 e. The number of hydrogen-bond donors (Lipinski definition) is 2. The predicted octanol–water partition coefficient (Wildman–Crippen LogP) is 2.94. The van der Waals surface area contributed by atoms with Crippen LogP contribution in [-0.2, 0) is 6.42 Å². The molecule has 0 spiro atoms. The third kappa shape index (κ3) is 2.25. The van der Waals surface area contributed by atoms with Crippen molar-refractivity contribution in [1.29, 1.82) is 0 Å². The number of phenolic OH excluding ortho intramolecular Hbond substituents is 1. The quantitative estimate of drug-likeness (QED) is 0.880. The Labute approximate surface area is 119 Å². The fourth-order valence-electron chi connectivity index (χ4n) is 2.91. The van der Waals surface area contributed by atoms with Gasteiger partial charge in [-0.3, -0.25) is 0 Å². The average molecular weight is 269 g/mol. The van der Waals surface area contributed by atoms with Crippen molar-refractivity contribution in [3.63, 3.8) is 0 Å². The van der Waals surface area contributed by atoms with Crippen LogP contribution < -0.4 is 10.1 Å². The maximum Gasteiger partial charge on any atom is 0.123 e. The van der Waals surface area contributed by atoms with Crippen LogP contribution in [0.2, 0.25) is 0 Å². The molecule has 0 aromatic heterocycles. The van der Waals surface area contributed by atoms with Gasteiger partial charge in [0.2, 0.25) is 0 Å². The van der Waals surface area contributed by atoms with Gasteiger partial charge in [0.25, 0.3) is 0 Å². The number of hydrogen-bond acceptors (Lipinski definition) is 3. The van der Waals surface area contributed by atoms with Crippen molar-refractivity contribution in [2.45, 2.75) is 19.4 Å². The molecule has 0 fully saturated rings. The van der Waals surface area contributed by atoms with Crippen molar-refractivity contribution in [2.24, 2.45) is 0 Å². The van der Waals surface area contributed by atoms with Gasteiger partial charge >= 0.3 is 0 Å². The highest BCUT2D eigenvalue weighted by atomic mass is 16.5. The maximum atomic E-state index is 9.64. The van der Waals surface area contributed by atoms with E-state index in [1.165, 1.54) is 16.7 Å². The largest absolute Gasteiger partial charge is 0.508 e. The molecule has 2 aromatic carbocycles. The first-order valence-electron chi connectivity index (χ1n) is 6.89. The first-order chi connectivity index (χ1) is 9.69. The third-order valence-electron chi connectivity index (χ3n) is 3.88. The van der Waals surface area contributed by atoms with Gasteiger partial charge < -0.3 is 15.2 Å². The van der Waals surface area contributed by atoms with Crippen molar-refractivity contribution in [3.05, 3.63) is 58.7 Å². The van der Waals surface area contributed by atoms with Crippen molar-refractivity contribution in [2.75, 3.05) is 13.7 Å². The molecule has 20 heavy (non-hydrogen) atoms. The molecule has 1 heterocycles. The zero-order valence-corrected chi connectivity index (χ0v) is 11.8. The van der Waals surface area contributed by atoms with E-state index in [9.17, 15) is 5.11 Å². The van der Waals surface area contributed by atoms with E-state index in [0.717, 1.165) is 24.3 Å². The van der Waals surface area contributed by atoms with Crippen molar-refractivity contribution >= 4 is 0 Å². The van der Waals surface area contributed by atoms with Crippen LogP contribution >= 0.6 is 0 Å². The van der Waals surface area contributed by atoms with Crippen LogP contribution in [0.25, 0.3) is 0 Å². The first kappa shape index (κ1) is 13.0. The lowest BCUT2D eigenvalue weighted by Gasteiger charge is -2.28. The molecule has 2 aromatic rings. The van der Waals surface area contributed by atoms with E-state index >= 15 is 0 Å². The lowest BCUT2D eigenvalue weighted by atomic mass is 9.88. The van der Waals surface area contributed by atoms with Crippen LogP contribution in [0.1, 0.15) is 28.3 Å². The molecule has 1 atom stereocenters. The lowest BCUT2D eigenvalue weighted by Crippen LogP contribution is -2.30. The summed E-state index contributed by atoms with van der Waals surface area (Å²) in [6.07, 6.45) is 0.939. The van der Waals surface area contributed by atoms with Crippen LogP contribution in [0.3, 0.4) is 0 Å². The normalized spacial score (nSPS) is 17.6. The third-order valence-corrected chi connectivity index (χ3v) is 3.88. The van der Waals surface area contributed by atoms with Crippen LogP contribution in [-0.4, -0.2) is 18.8 Å². The molecule has 0 radical (unpaired) electrons. The van der Waals surface area contributed by atoms with Gasteiger partial charge in [-0.15, -0.1) is 0 Å². The van der Waals surface area contributed by atoms with Gasteiger partial charge in [-0.25, -0.2) is 0 Å². The SMILES string of the molecule is COc1ccc(C)cc1C1NCCc2cc(O)ccc21. The van der Waals surface area contributed by atoms with Gasteiger partial charge in [0.15, 0.2) is 0 Å². The Bertz CT molecular complexity index is 637. The summed E-state index contributed by atoms with van der Waals surface area (Å²) in [4.78, 5) is 0. The van der Waals surface area contributed by atoms with E-state index in [1.54, 1.807) is 13.2 Å². The van der Waals surface area contributed by atoms with Crippen LogP contribution in [0.4, 0.5) is 0 Å². The number of rotatable bonds is 2. The molecular formula is C17H19NO2. The second-order valence-corrected chi connectivity index (χ2v) is 5.27. The average Bonchev–Trinajstić information content (AvgIpc) is 2.46. The highest BCUT2D eigenvalue weighted by molar-refractivity contribution is 5.48. The zero-order chi connectivity index (χ0) is 14.1. The molecule has 1 aliphatic rings. The van der Waals surface area contributed by atoms with Gasteiger partial charge in [-0.2, -0.15) is 0 Å². The van der Waals surface area contributed by atoms with Crippen molar-refractivity contribution in [1.82, 2.24) is 5.32 Å². The summed E-state index contributed by atoms with van der Waals surface area (Å²) in [6.45, 7) is 2.99. The number of methoxy groups -OCH3 is 1. The Morgan fingerprint density at radius 1 is 1.15 bits per heavy atom. The van der Waals surface area contributed by atoms with E-state index in [2.05, 4.69) is 24.4 Å². The molecule has 2 N–H and O–H groups in total. The zero-order valence-electron chi connectivity index (χ0n) is 11.8. The van der Waals surface area contributed by atoms with Gasteiger partial charge in [0.05, 0.1) is 13.2 Å². The van der Waals surface area contributed by atoms with E-state index in [1.807, 2.05) is 18.2 Å². The number of phenols is 1. The molecule has 0 amide bonds. The van der Waals surface area contributed by atoms with Gasteiger partial charge in [0.1, 0.15) is 11.5 Å². The maximum absolute atomic E-state index is 9.64. The molecule has 3 rings (SSSR count). The fraction of sp³-hybridized carbons (Fsp3) is 0.294. The summed E-state index contributed by atoms with van der Waals surface area (Å²) in [5.74, 6) is 1.23. The summed E-state index contributed by atoms with van der Waals surface area (Å²) in [5, 5.41) is 13.2. The minimum atomic E-state index is 0.120. The fourth-order valence-corrected chi connectivity index (χ4v) is 2.91. The summed E-state index contributed by atoms with van der Waals surface area (Å²) in [6, 6.07) is 12.0. The topological polar surface area (TPSA) is 41.5 Å². The summed E-state index contributed by atoms with van der Waals surface area (Å²) >= 11 is 0. The Balaban J connectivity index is 2.11. The Morgan fingerprint density at radius 3 is 2.80 bits per heavy atom. The van der Waals surface area contributed by atoms with Crippen LogP contribution in [0.5, 0.6) is 11.5 Å². The monoisotopic (exact) mass is 269 g/mol. The van der Waals surface area contributed by atoms with Crippen LogP contribution in [0, 0.1) is 6.92 Å². The molecule has 104 valence electrons. The highest BCUT2D eigenvalue weighted by Crippen LogP contribution is 2.35. The Hall–Kier alpha value is -2.00. The summed E-state index contributed by atoms with van der Waals surface area (Å²) in [5.41, 5.74) is 4.79. The number of fused-ring (bicyclic) bond motifs is 1. The molecule has 1 unspecified atom stereocenters. The minimum Gasteiger partial charge on any atom is -0.508 e. The standard InChI is InChI=1S/C17H19NO2/c1-11-3-6-16(20-2)15(9-11)17-14-5-4-13(19)10-12(14)7-8-18-17/h3-6,9-10,17-19H,7-8H2,1-2H3. The summed E-state index contributed by atoms with van der Waals surface area (Å²) in [7, 11) is 1.70. The van der Waals surface area contributed by atoms with Gasteiger partial charge in [-0.05, 0) is 42.7 Å². The molecule has 3 heteroatoms. The second kappa shape index (κ2) is 5.17. The van der Waals surface area contributed by atoms with Gasteiger partial charge in [-0.1, -0.05) is 23.8 Å². The van der Waals surface area contributed by atoms with Crippen LogP contribution in [0.15, 0.2) is 36.4 Å². The second-order valence-electron chi connectivity index (χ2n) is 5.27. The molecule has 0 saturated carbocycles. The Morgan fingerprint density at radius 2 is 2.00 bits per heavy atom. The first-order valence-corrected chi connectivity index (χ1v) is 6.89. The number of aryl methyl sites for hydroxylation is 1. The number of benzene rings is 2. The van der Waals surface area contributed by atoms with Gasteiger partial charge in [0, 0.05) is 12.1 Å². The Kier molecular flexibility index (Phi) is 3.36. The van der Waals surface area contributed by atoms with E-state index < -0.39 is 0 Å². The molecule has 1 aliphatic heterocycles. The van der Waals surface area contributed by atoms with Crippen molar-refractivity contribution < 1.29 is 9.84 Å². The molecule has 0 aliphatic carbocycles. The van der Waals surface area contributed by atoms with E-state index in [-0.39, 0.29) is 6.04 Å². The lowest BCUT2D eigenvalue weighted by molar-refractivity contribution is 0.402. The summed E-state index contributed by atoms with van der Waals surface area (Å²) < 4.78 is 5.50. The minimum absolute atomic E-state index is 0.120. The van der Waals surface area contributed by atoms with E-state index in [0.29, 0.717) is 5.75 Å². The highest BCUT2D eigenvalue weighted by Gasteiger charge is 2.24. The number of nitrogens with one attached hydrogen (secondary N) is 1. The van der Waals surface area contributed by atoms with E-state index in [4.69, 9.17) is 4.74 Å². The number of aromatic hydroxyl groups is 1. The molecule has 0 bridgehead atoms. The molecule has 3 nitrogen and oxygen atoms in total.